The van der Waals surface area contributed by atoms with E-state index in [0.29, 0.717) is 5.56 Å². The van der Waals surface area contributed by atoms with Crippen molar-refractivity contribution >= 4 is 32.4 Å². The van der Waals surface area contributed by atoms with Gasteiger partial charge in [0.25, 0.3) is 11.8 Å². The van der Waals surface area contributed by atoms with Crippen LogP contribution < -0.4 is 5.48 Å². The Morgan fingerprint density at radius 2 is 1.64 bits per heavy atom. The number of terminal acetylenes is 1. The first-order valence-corrected chi connectivity index (χ1v) is 12.8. The van der Waals surface area contributed by atoms with E-state index in [1.54, 1.807) is 25.2 Å². The monoisotopic (exact) mass is 506 g/mol. The number of nitrogens with zero attached hydrogens (tertiary/aromatic N) is 1. The molecule has 1 heterocycles. The summed E-state index contributed by atoms with van der Waals surface area (Å²) >= 11 is 0. The van der Waals surface area contributed by atoms with Gasteiger partial charge in [0.2, 0.25) is 0 Å². The van der Waals surface area contributed by atoms with Crippen LogP contribution in [0.15, 0.2) is 65.6 Å². The van der Waals surface area contributed by atoms with Crippen LogP contribution in [0.25, 0.3) is 21.9 Å². The molecule has 3 aromatic carbocycles. The lowest BCUT2D eigenvalue weighted by atomic mass is 9.98. The number of hydrogen-bond acceptors (Lipinski definition) is 6. The van der Waals surface area contributed by atoms with Gasteiger partial charge in [0.1, 0.15) is 0 Å². The summed E-state index contributed by atoms with van der Waals surface area (Å²) in [6.45, 7) is 0.436. The summed E-state index contributed by atoms with van der Waals surface area (Å²) in [5.41, 5.74) is 3.72. The largest absolute Gasteiger partial charge is 0.381 e. The number of carbonyl (C=O) groups excluding carboxylic acids is 2. The smallest absolute Gasteiger partial charge is 0.265 e. The first-order valence-electron chi connectivity index (χ1n) is 11.3. The number of hydroxylamine groups is 1. The van der Waals surface area contributed by atoms with E-state index in [2.05, 4.69) is 5.92 Å². The van der Waals surface area contributed by atoms with Gasteiger partial charge in [-0.1, -0.05) is 36.3 Å². The first-order chi connectivity index (χ1) is 17.2. The molecule has 1 saturated heterocycles. The summed E-state index contributed by atoms with van der Waals surface area (Å²) < 4.78 is 30.3. The minimum atomic E-state index is -4.09. The highest BCUT2D eigenvalue weighted by Gasteiger charge is 2.52. The lowest BCUT2D eigenvalue weighted by molar-refractivity contribution is -0.134. The Kier molecular flexibility index (Phi) is 7.13. The summed E-state index contributed by atoms with van der Waals surface area (Å²) in [7, 11) is -2.44. The average Bonchev–Trinajstić information content (AvgIpc) is 2.92. The number of carbonyl (C=O) groups is 2. The molecule has 2 N–H and O–H groups in total. The third-order valence-corrected chi connectivity index (χ3v) is 9.11. The molecule has 4 rings (SSSR count). The fourth-order valence-electron chi connectivity index (χ4n) is 4.46. The fraction of sp³-hybridized carbons (Fsp3) is 0.259. The Balaban J connectivity index is 1.63. The van der Waals surface area contributed by atoms with Crippen molar-refractivity contribution in [1.82, 2.24) is 10.4 Å². The molecular formula is C27H26N2O6S. The third kappa shape index (κ3) is 4.46. The van der Waals surface area contributed by atoms with Crippen LogP contribution in [0.3, 0.4) is 0 Å². The molecular weight excluding hydrogens is 480 g/mol. The molecule has 1 fully saturated rings. The number of benzene rings is 3. The molecule has 0 atom stereocenters. The van der Waals surface area contributed by atoms with Gasteiger partial charge in [-0.15, -0.1) is 6.42 Å². The van der Waals surface area contributed by atoms with Gasteiger partial charge in [-0.05, 0) is 65.1 Å². The van der Waals surface area contributed by atoms with Gasteiger partial charge in [0, 0.05) is 25.8 Å². The van der Waals surface area contributed by atoms with Crippen LogP contribution >= 0.6 is 0 Å². The third-order valence-electron chi connectivity index (χ3n) is 6.59. The number of ether oxygens (including phenoxy) is 1. The zero-order valence-corrected chi connectivity index (χ0v) is 20.5. The lowest BCUT2D eigenvalue weighted by Gasteiger charge is -2.34. The predicted molar refractivity (Wildman–Crippen MR) is 135 cm³/mol. The highest BCUT2D eigenvalue weighted by atomic mass is 32.2. The Bertz CT molecular complexity index is 1450. The van der Waals surface area contributed by atoms with E-state index in [9.17, 15) is 23.2 Å². The van der Waals surface area contributed by atoms with Gasteiger partial charge >= 0.3 is 0 Å². The molecule has 0 spiro atoms. The molecule has 0 bridgehead atoms. The molecule has 36 heavy (non-hydrogen) atoms. The molecule has 0 aliphatic carbocycles. The van der Waals surface area contributed by atoms with Crippen LogP contribution in [-0.4, -0.2) is 61.9 Å². The number of nitrogens with one attached hydrogen (secondary N) is 1. The fourth-order valence-corrected chi connectivity index (χ4v) is 6.40. The van der Waals surface area contributed by atoms with Crippen LogP contribution in [0.1, 0.15) is 23.2 Å². The van der Waals surface area contributed by atoms with Crippen LogP contribution in [0.5, 0.6) is 0 Å². The highest BCUT2D eigenvalue weighted by molar-refractivity contribution is 7.93. The SMILES string of the molecule is C#CCN(C)C(=O)c1ccc2cc(-c3ccc(S(=O)(=O)C4(C(=O)NO)CCOCC4)cc3)ccc2c1. The molecule has 2 amide bonds. The van der Waals surface area contributed by atoms with Crippen molar-refractivity contribution in [2.45, 2.75) is 22.5 Å². The van der Waals surface area contributed by atoms with Crippen molar-refractivity contribution < 1.29 is 28.0 Å². The van der Waals surface area contributed by atoms with E-state index >= 15 is 0 Å². The van der Waals surface area contributed by atoms with E-state index < -0.39 is 20.5 Å². The number of sulfone groups is 1. The summed E-state index contributed by atoms with van der Waals surface area (Å²) in [6.07, 6.45) is 5.21. The molecule has 8 nitrogen and oxygen atoms in total. The zero-order chi connectivity index (χ0) is 25.9. The molecule has 3 aromatic rings. The normalized spacial score (nSPS) is 15.1. The van der Waals surface area contributed by atoms with Crippen molar-refractivity contribution in [2.75, 3.05) is 26.8 Å². The molecule has 0 aromatic heterocycles. The van der Waals surface area contributed by atoms with E-state index in [1.807, 2.05) is 30.3 Å². The van der Waals surface area contributed by atoms with Crippen LogP contribution in [0.2, 0.25) is 0 Å². The maximum atomic E-state index is 13.4. The van der Waals surface area contributed by atoms with Crippen LogP contribution in [0, 0.1) is 12.3 Å². The Hall–Kier alpha value is -3.71. The van der Waals surface area contributed by atoms with Crippen LogP contribution in [-0.2, 0) is 19.4 Å². The van der Waals surface area contributed by atoms with Gasteiger partial charge in [-0.3, -0.25) is 14.8 Å². The molecule has 0 saturated carbocycles. The van der Waals surface area contributed by atoms with E-state index in [-0.39, 0.29) is 43.4 Å². The zero-order valence-electron chi connectivity index (χ0n) is 19.7. The molecule has 186 valence electrons. The number of fused-ring (bicyclic) bond motifs is 1. The number of hydrogen-bond donors (Lipinski definition) is 2. The van der Waals surface area contributed by atoms with Gasteiger partial charge in [-0.25, -0.2) is 13.9 Å². The van der Waals surface area contributed by atoms with Crippen molar-refractivity contribution in [3.63, 3.8) is 0 Å². The Morgan fingerprint density at radius 3 is 2.28 bits per heavy atom. The second kappa shape index (κ2) is 10.1. The average molecular weight is 507 g/mol. The molecule has 1 aliphatic heterocycles. The Labute approximate surface area is 209 Å². The minimum absolute atomic E-state index is 0.00298. The van der Waals surface area contributed by atoms with Gasteiger partial charge in [0.15, 0.2) is 14.6 Å². The standard InChI is InChI=1S/C27H26N2O6S/c1-3-14-29(2)25(30)23-7-6-21-17-20(4-5-22(21)18-23)19-8-10-24(11-9-19)36(33,34)27(26(31)28-32)12-15-35-16-13-27/h1,4-11,17-18,32H,12-16H2,2H3,(H,28,31). The van der Waals surface area contributed by atoms with E-state index in [1.165, 1.54) is 22.5 Å². The summed E-state index contributed by atoms with van der Waals surface area (Å²) in [5.74, 6) is 1.34. The summed E-state index contributed by atoms with van der Waals surface area (Å²) in [5, 5.41) is 11.0. The van der Waals surface area contributed by atoms with Crippen molar-refractivity contribution in [3.8, 4) is 23.5 Å². The first kappa shape index (κ1) is 25.4. The number of amides is 2. The quantitative estimate of drug-likeness (QED) is 0.302. The molecule has 0 unspecified atom stereocenters. The van der Waals surface area contributed by atoms with Gasteiger partial charge in [-0.2, -0.15) is 0 Å². The maximum Gasteiger partial charge on any atom is 0.265 e. The molecule has 1 aliphatic rings. The lowest BCUT2D eigenvalue weighted by Crippen LogP contribution is -2.54. The predicted octanol–water partition coefficient (Wildman–Crippen LogP) is 3.04. The van der Waals surface area contributed by atoms with E-state index in [4.69, 9.17) is 11.2 Å². The molecule has 9 heteroatoms. The second-order valence-corrected chi connectivity index (χ2v) is 11.0. The summed E-state index contributed by atoms with van der Waals surface area (Å²) in [6, 6.07) is 17.5. The van der Waals surface area contributed by atoms with Gasteiger partial charge < -0.3 is 9.64 Å². The van der Waals surface area contributed by atoms with Crippen molar-refractivity contribution in [1.29, 1.82) is 0 Å². The van der Waals surface area contributed by atoms with Crippen molar-refractivity contribution in [2.24, 2.45) is 0 Å². The Morgan fingerprint density at radius 1 is 1.03 bits per heavy atom. The van der Waals surface area contributed by atoms with E-state index in [0.717, 1.165) is 21.9 Å². The summed E-state index contributed by atoms with van der Waals surface area (Å²) in [4.78, 5) is 26.4. The highest BCUT2D eigenvalue weighted by Crippen LogP contribution is 2.36. The second-order valence-electron chi connectivity index (χ2n) is 8.72. The van der Waals surface area contributed by atoms with Gasteiger partial charge in [0.05, 0.1) is 11.4 Å². The number of rotatable bonds is 6. The molecule has 0 radical (unpaired) electrons. The van der Waals surface area contributed by atoms with Crippen LogP contribution in [0.4, 0.5) is 0 Å². The van der Waals surface area contributed by atoms with Crippen molar-refractivity contribution in [3.05, 3.63) is 66.2 Å². The minimum Gasteiger partial charge on any atom is -0.381 e. The topological polar surface area (TPSA) is 113 Å². The maximum absolute atomic E-state index is 13.4.